The number of rotatable bonds is 4. The van der Waals surface area contributed by atoms with Crippen LogP contribution in [0.4, 0.5) is 4.39 Å². The Balaban J connectivity index is 0.00000204. The van der Waals surface area contributed by atoms with Crippen LogP contribution in [-0.4, -0.2) is 45.8 Å². The third-order valence-electron chi connectivity index (χ3n) is 9.00. The van der Waals surface area contributed by atoms with E-state index in [-0.39, 0.29) is 77.7 Å². The fraction of sp³-hybridized carbons (Fsp3) is 0.727. The van der Waals surface area contributed by atoms with E-state index in [4.69, 9.17) is 0 Å². The van der Waals surface area contributed by atoms with E-state index in [1.54, 1.807) is 20.8 Å². The summed E-state index contributed by atoms with van der Waals surface area (Å²) in [6.07, 6.45) is 3.54. The van der Waals surface area contributed by atoms with Crippen molar-refractivity contribution >= 4 is 19.4 Å². The van der Waals surface area contributed by atoms with E-state index < -0.39 is 66.2 Å². The summed E-state index contributed by atoms with van der Waals surface area (Å²) in [4.78, 5) is 46.6. The van der Waals surface area contributed by atoms with Crippen LogP contribution in [0.15, 0.2) is 23.8 Å². The molecule has 4 aliphatic rings. The molecule has 0 aliphatic heterocycles. The molecule has 34 heavy (non-hydrogen) atoms. The third-order valence-corrected chi connectivity index (χ3v) is 9.45. The molecule has 3 saturated carbocycles. The summed E-state index contributed by atoms with van der Waals surface area (Å²) in [5.41, 5.74) is -6.03. The number of hydrogen-bond donors (Lipinski definition) is 2. The Hall–Kier alpha value is 0.780. The summed E-state index contributed by atoms with van der Waals surface area (Å²) in [7, 11) is -5.43. The Morgan fingerprint density at radius 2 is 1.91 bits per heavy atom. The fourth-order valence-corrected chi connectivity index (χ4v) is 7.66. The van der Waals surface area contributed by atoms with Crippen molar-refractivity contribution in [3.05, 3.63) is 23.8 Å². The molecule has 8 nitrogen and oxygen atoms in total. The van der Waals surface area contributed by atoms with Crippen molar-refractivity contribution in [1.29, 1.82) is 0 Å². The van der Waals surface area contributed by atoms with E-state index >= 15 is 4.39 Å². The van der Waals surface area contributed by atoms with Crippen LogP contribution in [0.25, 0.3) is 0 Å². The number of allylic oxidation sites excluding steroid dienone is 4. The van der Waals surface area contributed by atoms with Crippen molar-refractivity contribution in [3.63, 3.8) is 0 Å². The summed E-state index contributed by atoms with van der Waals surface area (Å²) in [5, 5.41) is 22.8. The van der Waals surface area contributed by atoms with Crippen molar-refractivity contribution in [3.8, 4) is 0 Å². The van der Waals surface area contributed by atoms with E-state index in [0.29, 0.717) is 18.4 Å². The number of phosphoric ester groups is 1. The number of phosphoric acid groups is 1. The summed E-state index contributed by atoms with van der Waals surface area (Å²) < 4.78 is 32.0. The van der Waals surface area contributed by atoms with Gasteiger partial charge in [-0.1, -0.05) is 25.5 Å². The molecule has 12 heteroatoms. The minimum Gasteiger partial charge on any atom is -0.790 e. The molecule has 178 valence electrons. The van der Waals surface area contributed by atoms with Crippen molar-refractivity contribution in [2.45, 2.75) is 63.8 Å². The van der Waals surface area contributed by atoms with Gasteiger partial charge < -0.3 is 29.1 Å². The maximum Gasteiger partial charge on any atom is 1.00 e. The van der Waals surface area contributed by atoms with E-state index in [9.17, 15) is 34.2 Å². The van der Waals surface area contributed by atoms with Crippen LogP contribution in [-0.2, 0) is 18.7 Å². The number of ketones is 2. The van der Waals surface area contributed by atoms with Crippen LogP contribution in [0.3, 0.4) is 0 Å². The van der Waals surface area contributed by atoms with Crippen LogP contribution >= 0.6 is 7.82 Å². The van der Waals surface area contributed by atoms with Gasteiger partial charge in [0.2, 0.25) is 0 Å². The Labute approximate surface area is 242 Å². The maximum absolute atomic E-state index is 17.0. The Morgan fingerprint density at radius 1 is 1.29 bits per heavy atom. The largest absolute Gasteiger partial charge is 1.00 e. The van der Waals surface area contributed by atoms with Crippen LogP contribution in [0.1, 0.15) is 46.5 Å². The van der Waals surface area contributed by atoms with Crippen LogP contribution < -0.4 is 68.9 Å². The first-order valence-electron chi connectivity index (χ1n) is 10.8. The third kappa shape index (κ3) is 4.20. The molecular weight excluding hydrogens is 488 g/mol. The average Bonchev–Trinajstić information content (AvgIpc) is 2.89. The smallest absolute Gasteiger partial charge is 0.790 e. The van der Waals surface area contributed by atoms with Gasteiger partial charge in [0.05, 0.1) is 13.9 Å². The number of Topliss-reactive ketones (excluding diaryl/α,β-unsaturated/α-hetero) is 1. The first-order chi connectivity index (χ1) is 14.6. The van der Waals surface area contributed by atoms with Gasteiger partial charge in [0.15, 0.2) is 17.2 Å². The summed E-state index contributed by atoms with van der Waals surface area (Å²) in [5.74, 6) is -3.06. The molecule has 0 aromatic heterocycles. The Bertz CT molecular complexity index is 984. The van der Waals surface area contributed by atoms with Crippen LogP contribution in [0, 0.1) is 28.6 Å². The topological polar surface area (TPSA) is 147 Å². The van der Waals surface area contributed by atoms with Crippen molar-refractivity contribution in [2.75, 3.05) is 6.61 Å². The standard InChI is InChI=1S/C22H30FO8P.2Na/c1-12-8-16-15-5-4-13-9-14(24)6-7-19(13,2)21(15,23)17(25)10-20(16,3)22(12,27)18(26)11-31-32(28,29)30;;/h6-7,9,12,15-17,25,27H,4-5,8,10-11H2,1-3H3,(H2,28,29,30);;/q;2*+1/p-2/t12-,15?,16?,17?,19+,20+,21+,22+;;/m1../s1. The second-order valence-electron chi connectivity index (χ2n) is 10.3. The van der Waals surface area contributed by atoms with Gasteiger partial charge in [-0.15, -0.1) is 0 Å². The van der Waals surface area contributed by atoms with E-state index in [0.717, 1.165) is 0 Å². The van der Waals surface area contributed by atoms with Crippen molar-refractivity contribution in [1.82, 2.24) is 0 Å². The predicted molar refractivity (Wildman–Crippen MR) is 106 cm³/mol. The number of aliphatic hydroxyl groups is 2. The van der Waals surface area contributed by atoms with Crippen LogP contribution in [0.2, 0.25) is 0 Å². The number of carbonyl (C=O) groups excluding carboxylic acids is 2. The monoisotopic (exact) mass is 516 g/mol. The molecule has 0 bridgehead atoms. The molecule has 8 atom stereocenters. The number of alkyl halides is 1. The first kappa shape index (κ1) is 31.0. The molecule has 3 fully saturated rings. The molecule has 0 saturated heterocycles. The van der Waals surface area contributed by atoms with Gasteiger partial charge in [0.1, 0.15) is 12.2 Å². The Kier molecular flexibility index (Phi) is 8.96. The second kappa shape index (κ2) is 9.83. The zero-order valence-corrected chi connectivity index (χ0v) is 25.1. The van der Waals surface area contributed by atoms with Gasteiger partial charge in [-0.05, 0) is 56.6 Å². The minimum absolute atomic E-state index is 0. The molecule has 0 spiro atoms. The van der Waals surface area contributed by atoms with Gasteiger partial charge in [-0.25, -0.2) is 4.39 Å². The molecule has 0 radical (unpaired) electrons. The Morgan fingerprint density at radius 3 is 2.50 bits per heavy atom. The number of halogens is 1. The molecule has 0 aromatic carbocycles. The predicted octanol–water partition coefficient (Wildman–Crippen LogP) is -5.24. The SMILES string of the molecule is C[C@@H]1CC2C3CCC4=CC(=O)C=C[C@]4(C)[C@@]3(F)C(O)C[C@]2(C)[C@@]1(O)C(=O)COP(=O)([O-])[O-].[Na+].[Na+]. The van der Waals surface area contributed by atoms with Crippen molar-refractivity contribution < 1.29 is 102 Å². The molecule has 4 aliphatic carbocycles. The van der Waals surface area contributed by atoms with Crippen molar-refractivity contribution in [2.24, 2.45) is 28.6 Å². The van der Waals surface area contributed by atoms with E-state index in [1.165, 1.54) is 18.2 Å². The van der Waals surface area contributed by atoms with Gasteiger partial charge in [-0.3, -0.25) is 9.59 Å². The number of carbonyl (C=O) groups is 2. The first-order valence-corrected chi connectivity index (χ1v) is 12.3. The number of aliphatic hydroxyl groups excluding tert-OH is 1. The minimum atomic E-state index is -5.43. The molecule has 0 amide bonds. The maximum atomic E-state index is 17.0. The quantitative estimate of drug-likeness (QED) is 0.279. The number of hydrogen-bond acceptors (Lipinski definition) is 8. The van der Waals surface area contributed by atoms with E-state index in [2.05, 4.69) is 4.52 Å². The molecular formula is C22H28FNa2O8P. The second-order valence-corrected chi connectivity index (χ2v) is 11.5. The molecule has 2 N–H and O–H groups in total. The average molecular weight is 516 g/mol. The summed E-state index contributed by atoms with van der Waals surface area (Å²) >= 11 is 0. The molecule has 3 unspecified atom stereocenters. The molecule has 4 rings (SSSR count). The molecule has 0 heterocycles. The van der Waals surface area contributed by atoms with Gasteiger partial charge in [-0.2, -0.15) is 0 Å². The van der Waals surface area contributed by atoms with Gasteiger partial charge in [0, 0.05) is 16.7 Å². The number of fused-ring (bicyclic) bond motifs is 5. The van der Waals surface area contributed by atoms with Gasteiger partial charge >= 0.3 is 59.1 Å². The fourth-order valence-electron chi connectivity index (χ4n) is 7.39. The summed E-state index contributed by atoms with van der Waals surface area (Å²) in [6, 6.07) is 0. The van der Waals surface area contributed by atoms with Gasteiger partial charge in [0.25, 0.3) is 0 Å². The molecule has 0 aromatic rings. The zero-order valence-electron chi connectivity index (χ0n) is 20.2. The van der Waals surface area contributed by atoms with E-state index in [1.807, 2.05) is 0 Å². The zero-order chi connectivity index (χ0) is 23.9. The van der Waals surface area contributed by atoms with Crippen LogP contribution in [0.5, 0.6) is 0 Å². The summed E-state index contributed by atoms with van der Waals surface area (Å²) in [6.45, 7) is 3.80. The normalized spacial score (nSPS) is 45.2.